The predicted molar refractivity (Wildman–Crippen MR) is 95.0 cm³/mol. The number of hydrogen-bond donors (Lipinski definition) is 1. The second-order valence-corrected chi connectivity index (χ2v) is 6.98. The van der Waals surface area contributed by atoms with E-state index < -0.39 is 35.5 Å². The van der Waals surface area contributed by atoms with Crippen molar-refractivity contribution in [1.82, 2.24) is 10.3 Å². The number of halogens is 4. The first kappa shape index (κ1) is 19.4. The van der Waals surface area contributed by atoms with Crippen molar-refractivity contribution in [3.05, 3.63) is 46.9 Å². The number of nitrogens with zero attached hydrogens (tertiary/aromatic N) is 2. The molecule has 0 saturated carbocycles. The standard InChI is InChI=1S/C18H17ClF3N3O2/c1-17(13-6-11(19)8-24-15(13)27-2)10-3-4-23-14(18(21,22)9-20)7-12(5-10)25-16(17)26/h3-4,6-8,10H,5,9H2,1-2H3,(H,25,26)/b4-3?,12-7+,23-14?. The molecule has 1 fully saturated rings. The summed E-state index contributed by atoms with van der Waals surface area (Å²) in [5, 5.41) is 2.96. The summed E-state index contributed by atoms with van der Waals surface area (Å²) in [6.07, 6.45) is 5.41. The van der Waals surface area contributed by atoms with Gasteiger partial charge in [-0.25, -0.2) is 9.37 Å². The van der Waals surface area contributed by atoms with Crippen LogP contribution in [-0.4, -0.2) is 36.3 Å². The van der Waals surface area contributed by atoms with Gasteiger partial charge in [0.1, 0.15) is 5.71 Å². The summed E-state index contributed by atoms with van der Waals surface area (Å²) in [7, 11) is 1.43. The zero-order valence-electron chi connectivity index (χ0n) is 14.6. The van der Waals surface area contributed by atoms with Gasteiger partial charge in [0.15, 0.2) is 6.67 Å². The van der Waals surface area contributed by atoms with E-state index >= 15 is 0 Å². The number of fused-ring (bicyclic) bond motifs is 2. The van der Waals surface area contributed by atoms with Gasteiger partial charge in [-0.15, -0.1) is 0 Å². The van der Waals surface area contributed by atoms with Crippen LogP contribution in [0.4, 0.5) is 13.2 Å². The summed E-state index contributed by atoms with van der Waals surface area (Å²) in [6.45, 7) is -0.170. The lowest BCUT2D eigenvalue weighted by Gasteiger charge is -2.41. The normalized spacial score (nSPS) is 27.0. The summed E-state index contributed by atoms with van der Waals surface area (Å²) in [4.78, 5) is 20.8. The molecule has 9 heteroatoms. The molecular formula is C18H17ClF3N3O2. The molecule has 0 aliphatic carbocycles. The smallest absolute Gasteiger partial charge is 0.317 e. The Morgan fingerprint density at radius 3 is 2.89 bits per heavy atom. The van der Waals surface area contributed by atoms with Crippen molar-refractivity contribution in [2.45, 2.75) is 24.7 Å². The zero-order chi connectivity index (χ0) is 19.8. The first-order valence-corrected chi connectivity index (χ1v) is 8.51. The Morgan fingerprint density at radius 1 is 1.48 bits per heavy atom. The number of carbonyl (C=O) groups is 1. The first-order chi connectivity index (χ1) is 12.7. The first-order valence-electron chi connectivity index (χ1n) is 8.13. The Bertz CT molecular complexity index is 869. The summed E-state index contributed by atoms with van der Waals surface area (Å²) in [6, 6.07) is 1.60. The van der Waals surface area contributed by atoms with Crippen molar-refractivity contribution in [1.29, 1.82) is 0 Å². The fourth-order valence-electron chi connectivity index (χ4n) is 3.27. The van der Waals surface area contributed by atoms with Crippen LogP contribution in [-0.2, 0) is 10.2 Å². The second-order valence-electron chi connectivity index (χ2n) is 6.54. The van der Waals surface area contributed by atoms with Crippen LogP contribution in [0.3, 0.4) is 0 Å². The minimum absolute atomic E-state index is 0.243. The SMILES string of the molecule is COc1ncc(Cl)cc1C1(C)C(=O)N/C2=C/C(C(F)(F)CF)=NC=CC1C2. The van der Waals surface area contributed by atoms with Crippen molar-refractivity contribution in [2.24, 2.45) is 10.9 Å². The van der Waals surface area contributed by atoms with Crippen molar-refractivity contribution in [3.63, 3.8) is 0 Å². The fourth-order valence-corrected chi connectivity index (χ4v) is 3.43. The summed E-state index contributed by atoms with van der Waals surface area (Å²) < 4.78 is 45.3. The minimum atomic E-state index is -3.73. The van der Waals surface area contributed by atoms with Gasteiger partial charge in [0.05, 0.1) is 17.5 Å². The molecule has 0 radical (unpaired) electrons. The number of rotatable bonds is 4. The maximum absolute atomic E-state index is 13.7. The molecule has 2 aliphatic rings. The van der Waals surface area contributed by atoms with E-state index in [4.69, 9.17) is 16.3 Å². The van der Waals surface area contributed by atoms with Gasteiger partial charge in [-0.3, -0.25) is 9.79 Å². The van der Waals surface area contributed by atoms with Crippen LogP contribution in [0, 0.1) is 5.92 Å². The Hall–Kier alpha value is -2.35. The number of aromatic nitrogens is 1. The van der Waals surface area contributed by atoms with Crippen LogP contribution in [0.25, 0.3) is 0 Å². The Balaban J connectivity index is 2.10. The van der Waals surface area contributed by atoms with Gasteiger partial charge in [0.2, 0.25) is 11.8 Å². The third kappa shape index (κ3) is 3.34. The molecule has 27 heavy (non-hydrogen) atoms. The zero-order valence-corrected chi connectivity index (χ0v) is 15.4. The summed E-state index contributed by atoms with van der Waals surface area (Å²) >= 11 is 6.06. The lowest BCUT2D eigenvalue weighted by Crippen LogP contribution is -2.52. The van der Waals surface area contributed by atoms with Gasteiger partial charge >= 0.3 is 5.92 Å². The highest BCUT2D eigenvalue weighted by atomic mass is 35.5. The topological polar surface area (TPSA) is 63.6 Å². The van der Waals surface area contributed by atoms with Gasteiger partial charge in [0, 0.05) is 29.6 Å². The maximum Gasteiger partial charge on any atom is 0.317 e. The number of hydrogen-bond acceptors (Lipinski definition) is 4. The highest BCUT2D eigenvalue weighted by Crippen LogP contribution is 2.44. The molecule has 144 valence electrons. The van der Waals surface area contributed by atoms with Gasteiger partial charge < -0.3 is 10.1 Å². The van der Waals surface area contributed by atoms with Crippen LogP contribution < -0.4 is 10.1 Å². The van der Waals surface area contributed by atoms with E-state index in [1.165, 1.54) is 19.5 Å². The second kappa shape index (κ2) is 6.99. The maximum atomic E-state index is 13.7. The number of aliphatic imine (C=N–C) groups is 1. The van der Waals surface area contributed by atoms with E-state index in [0.717, 1.165) is 6.08 Å². The summed E-state index contributed by atoms with van der Waals surface area (Å²) in [5.74, 6) is -4.33. The fraction of sp³-hybridized carbons (Fsp3) is 0.389. The molecule has 2 unspecified atom stereocenters. The molecule has 0 aromatic carbocycles. The lowest BCUT2D eigenvalue weighted by molar-refractivity contribution is -0.128. The molecule has 2 aliphatic heterocycles. The molecule has 1 amide bonds. The molecule has 3 heterocycles. The lowest BCUT2D eigenvalue weighted by atomic mass is 9.67. The number of alkyl halides is 3. The quantitative estimate of drug-likeness (QED) is 0.841. The molecule has 3 rings (SSSR count). The third-order valence-corrected chi connectivity index (χ3v) is 5.09. The number of piperidine rings is 1. The van der Waals surface area contributed by atoms with Gasteiger partial charge in [-0.2, -0.15) is 8.78 Å². The van der Waals surface area contributed by atoms with E-state index in [1.807, 2.05) is 0 Å². The Labute approximate surface area is 159 Å². The number of ether oxygens (including phenoxy) is 1. The van der Waals surface area contributed by atoms with Gasteiger partial charge in [-0.1, -0.05) is 17.7 Å². The van der Waals surface area contributed by atoms with Crippen molar-refractivity contribution in [2.75, 3.05) is 13.8 Å². The van der Waals surface area contributed by atoms with Crippen molar-refractivity contribution in [3.8, 4) is 5.88 Å². The van der Waals surface area contributed by atoms with Crippen LogP contribution in [0.1, 0.15) is 18.9 Å². The van der Waals surface area contributed by atoms with E-state index in [-0.39, 0.29) is 18.0 Å². The molecule has 2 atom stereocenters. The predicted octanol–water partition coefficient (Wildman–Crippen LogP) is 3.59. The molecule has 0 spiro atoms. The van der Waals surface area contributed by atoms with E-state index in [9.17, 15) is 18.0 Å². The molecule has 1 saturated heterocycles. The summed E-state index contributed by atoms with van der Waals surface area (Å²) in [5.41, 5.74) is -1.14. The molecular weight excluding hydrogens is 383 g/mol. The molecule has 1 aromatic rings. The van der Waals surface area contributed by atoms with Gasteiger partial charge in [0.25, 0.3) is 0 Å². The third-order valence-electron chi connectivity index (χ3n) is 4.88. The van der Waals surface area contributed by atoms with E-state index in [2.05, 4.69) is 15.3 Å². The highest BCUT2D eigenvalue weighted by Gasteiger charge is 2.48. The molecule has 5 nitrogen and oxygen atoms in total. The number of pyridine rings is 1. The minimum Gasteiger partial charge on any atom is -0.481 e. The van der Waals surface area contributed by atoms with Crippen LogP contribution in [0.2, 0.25) is 5.02 Å². The van der Waals surface area contributed by atoms with E-state index in [1.54, 1.807) is 19.1 Å². The Morgan fingerprint density at radius 2 is 2.22 bits per heavy atom. The average molecular weight is 400 g/mol. The number of allylic oxidation sites excluding steroid dienone is 3. The number of methoxy groups -OCH3 is 1. The average Bonchev–Trinajstić information content (AvgIpc) is 2.62. The van der Waals surface area contributed by atoms with Crippen molar-refractivity contribution >= 4 is 23.2 Å². The van der Waals surface area contributed by atoms with Gasteiger partial charge in [-0.05, 0) is 25.5 Å². The molecule has 2 bridgehead atoms. The van der Waals surface area contributed by atoms with Crippen LogP contribution in [0.15, 0.2) is 41.3 Å². The number of nitrogens with one attached hydrogen (secondary N) is 1. The van der Waals surface area contributed by atoms with Crippen molar-refractivity contribution < 1.29 is 22.7 Å². The number of carbonyl (C=O) groups excluding carboxylic acids is 1. The van der Waals surface area contributed by atoms with E-state index in [0.29, 0.717) is 10.6 Å². The Kier molecular flexibility index (Phi) is 5.03. The monoisotopic (exact) mass is 399 g/mol. The van der Waals surface area contributed by atoms with Crippen LogP contribution in [0.5, 0.6) is 5.88 Å². The molecule has 1 N–H and O–H groups in total. The molecule has 1 aromatic heterocycles. The number of amides is 1. The largest absolute Gasteiger partial charge is 0.481 e. The van der Waals surface area contributed by atoms with Crippen LogP contribution >= 0.6 is 11.6 Å². The highest BCUT2D eigenvalue weighted by molar-refractivity contribution is 6.30.